The van der Waals surface area contributed by atoms with Crippen LogP contribution in [0, 0.1) is 0 Å². The lowest BCUT2D eigenvalue weighted by Gasteiger charge is -2.10. The van der Waals surface area contributed by atoms with Gasteiger partial charge in [0.2, 0.25) is 5.91 Å². The van der Waals surface area contributed by atoms with Crippen molar-refractivity contribution in [3.05, 3.63) is 26.6 Å². The summed E-state index contributed by atoms with van der Waals surface area (Å²) in [5.74, 6) is -0.665. The summed E-state index contributed by atoms with van der Waals surface area (Å²) in [5, 5.41) is 11.4. The average Bonchev–Trinajstić information content (AvgIpc) is 2.31. The predicted octanol–water partition coefficient (Wildman–Crippen LogP) is 2.42. The number of nitrogens with one attached hydrogen (secondary N) is 1. The van der Waals surface area contributed by atoms with Gasteiger partial charge < -0.3 is 15.2 Å². The summed E-state index contributed by atoms with van der Waals surface area (Å²) < 4.78 is 6.47. The van der Waals surface area contributed by atoms with Crippen molar-refractivity contribution >= 4 is 43.7 Å². The van der Waals surface area contributed by atoms with Crippen LogP contribution in [0.5, 0.6) is 5.75 Å². The van der Waals surface area contributed by atoms with E-state index in [1.807, 2.05) is 0 Å². The molecule has 0 heterocycles. The van der Waals surface area contributed by atoms with Crippen molar-refractivity contribution < 1.29 is 19.4 Å². The smallest absolute Gasteiger partial charge is 0.335 e. The summed E-state index contributed by atoms with van der Waals surface area (Å²) in [6.45, 7) is 0.212. The highest BCUT2D eigenvalue weighted by atomic mass is 79.9. The number of hydrogen-bond donors (Lipinski definition) is 2. The van der Waals surface area contributed by atoms with Crippen LogP contribution in [0.25, 0.3) is 0 Å². The first-order valence-corrected chi connectivity index (χ1v) is 6.60. The highest BCUT2D eigenvalue weighted by Crippen LogP contribution is 2.34. The molecule has 0 aliphatic rings. The van der Waals surface area contributed by atoms with E-state index in [-0.39, 0.29) is 24.5 Å². The molecule has 7 heteroatoms. The Morgan fingerprint density at radius 3 is 2.33 bits per heavy atom. The molecule has 98 valence electrons. The van der Waals surface area contributed by atoms with Crippen LogP contribution in [0.1, 0.15) is 16.8 Å². The number of carbonyl (C=O) groups is 2. The molecule has 0 aliphatic carbocycles. The van der Waals surface area contributed by atoms with Gasteiger partial charge in [-0.15, -0.1) is 0 Å². The minimum absolute atomic E-state index is 0.121. The zero-order valence-corrected chi connectivity index (χ0v) is 12.7. The van der Waals surface area contributed by atoms with Crippen LogP contribution in [0.4, 0.5) is 0 Å². The number of halogens is 2. The van der Waals surface area contributed by atoms with Gasteiger partial charge in [0.1, 0.15) is 5.75 Å². The quantitative estimate of drug-likeness (QED) is 0.822. The molecule has 0 fully saturated rings. The Labute approximate surface area is 121 Å². The molecular formula is C11H11Br2NO4. The van der Waals surface area contributed by atoms with E-state index in [1.54, 1.807) is 7.05 Å². The van der Waals surface area contributed by atoms with Gasteiger partial charge in [0.15, 0.2) is 0 Å². The fraction of sp³-hybridized carbons (Fsp3) is 0.273. The standard InChI is InChI=1S/C11H11Br2NO4/c1-14-9(15)2-3-18-10-7(12)4-6(11(16)17)5-8(10)13/h4-5H,2-3H2,1H3,(H,14,15)(H,16,17). The Kier molecular flexibility index (Phi) is 5.61. The fourth-order valence-electron chi connectivity index (χ4n) is 1.19. The molecule has 0 aromatic heterocycles. The molecule has 0 unspecified atom stereocenters. The van der Waals surface area contributed by atoms with Gasteiger partial charge in [0.25, 0.3) is 0 Å². The van der Waals surface area contributed by atoms with Crippen molar-refractivity contribution in [1.29, 1.82) is 0 Å². The first-order valence-electron chi connectivity index (χ1n) is 5.01. The topological polar surface area (TPSA) is 75.6 Å². The van der Waals surface area contributed by atoms with Gasteiger partial charge in [0.05, 0.1) is 27.5 Å². The van der Waals surface area contributed by atoms with Crippen LogP contribution in [0.3, 0.4) is 0 Å². The van der Waals surface area contributed by atoms with Crippen LogP contribution in [-0.2, 0) is 4.79 Å². The van der Waals surface area contributed by atoms with Crippen molar-refractivity contribution in [3.63, 3.8) is 0 Å². The third-order valence-corrected chi connectivity index (χ3v) is 3.28. The van der Waals surface area contributed by atoms with E-state index >= 15 is 0 Å². The summed E-state index contributed by atoms with van der Waals surface area (Å²) in [5.41, 5.74) is 0.146. The van der Waals surface area contributed by atoms with Crippen molar-refractivity contribution in [2.45, 2.75) is 6.42 Å². The molecule has 5 nitrogen and oxygen atoms in total. The number of benzene rings is 1. The molecule has 2 N–H and O–H groups in total. The number of rotatable bonds is 5. The lowest BCUT2D eigenvalue weighted by Crippen LogP contribution is -2.20. The van der Waals surface area contributed by atoms with Gasteiger partial charge in [-0.05, 0) is 44.0 Å². The summed E-state index contributed by atoms with van der Waals surface area (Å²) in [6.07, 6.45) is 0.232. The molecule has 1 rings (SSSR count). The fourth-order valence-corrected chi connectivity index (χ4v) is 2.61. The molecule has 1 aromatic rings. The van der Waals surface area contributed by atoms with E-state index in [9.17, 15) is 9.59 Å². The van der Waals surface area contributed by atoms with Crippen molar-refractivity contribution in [2.75, 3.05) is 13.7 Å². The van der Waals surface area contributed by atoms with Crippen LogP contribution in [0.15, 0.2) is 21.1 Å². The third-order valence-electron chi connectivity index (χ3n) is 2.10. The number of carboxylic acid groups (broad SMARTS) is 1. The normalized spacial score (nSPS) is 9.94. The summed E-state index contributed by atoms with van der Waals surface area (Å²) in [6, 6.07) is 2.89. The maximum atomic E-state index is 11.0. The Morgan fingerprint density at radius 2 is 1.89 bits per heavy atom. The number of aromatic carboxylic acids is 1. The molecule has 0 saturated heterocycles. The predicted molar refractivity (Wildman–Crippen MR) is 73.0 cm³/mol. The van der Waals surface area contributed by atoms with E-state index in [2.05, 4.69) is 37.2 Å². The molecule has 0 atom stereocenters. The van der Waals surface area contributed by atoms with Gasteiger partial charge in [-0.2, -0.15) is 0 Å². The first-order chi connectivity index (χ1) is 8.45. The second-order valence-electron chi connectivity index (χ2n) is 3.35. The number of carboxylic acids is 1. The van der Waals surface area contributed by atoms with Crippen LogP contribution < -0.4 is 10.1 Å². The molecule has 18 heavy (non-hydrogen) atoms. The van der Waals surface area contributed by atoms with E-state index in [0.29, 0.717) is 14.7 Å². The Balaban J connectivity index is 2.78. The van der Waals surface area contributed by atoms with Gasteiger partial charge in [-0.3, -0.25) is 4.79 Å². The van der Waals surface area contributed by atoms with Gasteiger partial charge in [0, 0.05) is 7.05 Å². The summed E-state index contributed by atoms with van der Waals surface area (Å²) in [7, 11) is 1.55. The van der Waals surface area contributed by atoms with Crippen molar-refractivity contribution in [2.24, 2.45) is 0 Å². The summed E-state index contributed by atoms with van der Waals surface area (Å²) >= 11 is 6.46. The molecule has 0 saturated carbocycles. The minimum atomic E-state index is -1.02. The van der Waals surface area contributed by atoms with E-state index in [0.717, 1.165) is 0 Å². The van der Waals surface area contributed by atoms with Gasteiger partial charge >= 0.3 is 5.97 Å². The zero-order chi connectivity index (χ0) is 13.7. The average molecular weight is 381 g/mol. The highest BCUT2D eigenvalue weighted by Gasteiger charge is 2.13. The van der Waals surface area contributed by atoms with E-state index in [1.165, 1.54) is 12.1 Å². The summed E-state index contributed by atoms with van der Waals surface area (Å²) in [4.78, 5) is 21.8. The van der Waals surface area contributed by atoms with Crippen LogP contribution in [0.2, 0.25) is 0 Å². The molecule has 0 aliphatic heterocycles. The third kappa shape index (κ3) is 3.99. The van der Waals surface area contributed by atoms with Crippen molar-refractivity contribution in [3.8, 4) is 5.75 Å². The maximum Gasteiger partial charge on any atom is 0.335 e. The number of hydrogen-bond acceptors (Lipinski definition) is 3. The van der Waals surface area contributed by atoms with Crippen molar-refractivity contribution in [1.82, 2.24) is 5.32 Å². The molecule has 0 radical (unpaired) electrons. The number of ether oxygens (including phenoxy) is 1. The molecule has 1 amide bonds. The molecule has 0 bridgehead atoms. The Morgan fingerprint density at radius 1 is 1.33 bits per heavy atom. The Bertz CT molecular complexity index is 453. The minimum Gasteiger partial charge on any atom is -0.491 e. The maximum absolute atomic E-state index is 11.0. The molecular weight excluding hydrogens is 370 g/mol. The highest BCUT2D eigenvalue weighted by molar-refractivity contribution is 9.11. The van der Waals surface area contributed by atoms with E-state index < -0.39 is 5.97 Å². The lowest BCUT2D eigenvalue weighted by atomic mass is 10.2. The lowest BCUT2D eigenvalue weighted by molar-refractivity contribution is -0.121. The zero-order valence-electron chi connectivity index (χ0n) is 9.50. The van der Waals surface area contributed by atoms with Gasteiger partial charge in [-0.25, -0.2) is 4.79 Å². The number of amides is 1. The van der Waals surface area contributed by atoms with E-state index in [4.69, 9.17) is 9.84 Å². The second-order valence-corrected chi connectivity index (χ2v) is 5.05. The van der Waals surface area contributed by atoms with Gasteiger partial charge in [-0.1, -0.05) is 0 Å². The van der Waals surface area contributed by atoms with Crippen LogP contribution >= 0.6 is 31.9 Å². The number of carbonyl (C=O) groups excluding carboxylic acids is 1. The second kappa shape index (κ2) is 6.75. The van der Waals surface area contributed by atoms with Crippen LogP contribution in [-0.4, -0.2) is 30.6 Å². The monoisotopic (exact) mass is 379 g/mol. The largest absolute Gasteiger partial charge is 0.491 e. The first kappa shape index (κ1) is 15.0. The molecule has 1 aromatic carbocycles. The SMILES string of the molecule is CNC(=O)CCOc1c(Br)cc(C(=O)O)cc1Br. The Hall–Kier alpha value is -1.08. The molecule has 0 spiro atoms.